The van der Waals surface area contributed by atoms with Crippen LogP contribution >= 0.6 is 0 Å². The van der Waals surface area contributed by atoms with E-state index < -0.39 is 22.0 Å². The second kappa shape index (κ2) is 8.44. The molecule has 0 saturated carbocycles. The molecule has 4 aromatic rings. The summed E-state index contributed by atoms with van der Waals surface area (Å²) in [5, 5.41) is 3.26. The van der Waals surface area contributed by atoms with E-state index in [1.54, 1.807) is 85.1 Å². The van der Waals surface area contributed by atoms with Crippen LogP contribution in [0.3, 0.4) is 0 Å². The molecule has 30 heavy (non-hydrogen) atoms. The monoisotopic (exact) mass is 417 g/mol. The zero-order valence-corrected chi connectivity index (χ0v) is 16.7. The van der Waals surface area contributed by atoms with Crippen LogP contribution in [-0.4, -0.2) is 19.3 Å². The van der Waals surface area contributed by atoms with Gasteiger partial charge in [0.15, 0.2) is 0 Å². The van der Waals surface area contributed by atoms with Gasteiger partial charge in [0, 0.05) is 17.3 Å². The number of amides is 1. The highest BCUT2D eigenvalue weighted by atomic mass is 32.2. The molecular weight excluding hydrogens is 398 g/mol. The predicted octanol–water partition coefficient (Wildman–Crippen LogP) is 3.89. The Morgan fingerprint density at radius 2 is 1.50 bits per heavy atom. The fourth-order valence-electron chi connectivity index (χ4n) is 3.18. The van der Waals surface area contributed by atoms with Crippen molar-refractivity contribution in [1.29, 1.82) is 0 Å². The highest BCUT2D eigenvalue weighted by Gasteiger charge is 2.28. The number of benzene rings is 3. The van der Waals surface area contributed by atoms with Crippen molar-refractivity contribution in [3.05, 3.63) is 103 Å². The van der Waals surface area contributed by atoms with Crippen molar-refractivity contribution < 1.29 is 13.2 Å². The van der Waals surface area contributed by atoms with Gasteiger partial charge in [-0.05, 0) is 42.0 Å². The minimum absolute atomic E-state index is 0.0709. The van der Waals surface area contributed by atoms with Crippen LogP contribution in [0.4, 0.5) is 5.69 Å². The summed E-state index contributed by atoms with van der Waals surface area (Å²) >= 11 is 0. The highest BCUT2D eigenvalue weighted by molar-refractivity contribution is 7.89. The first kappa shape index (κ1) is 19.8. The van der Waals surface area contributed by atoms with Crippen LogP contribution in [0, 0.1) is 0 Å². The molecule has 0 spiro atoms. The average molecular weight is 417 g/mol. The lowest BCUT2D eigenvalue weighted by atomic mass is 10.1. The number of aromatic nitrogens is 1. The number of hydrogen-bond donors (Lipinski definition) is 2. The Kier molecular flexibility index (Phi) is 5.56. The summed E-state index contributed by atoms with van der Waals surface area (Å²) in [6, 6.07) is 24.8. The minimum atomic E-state index is -4.02. The smallest absolute Gasteiger partial charge is 0.247 e. The number of para-hydroxylation sites is 1. The Bertz CT molecular complexity index is 1270. The lowest BCUT2D eigenvalue weighted by molar-refractivity contribution is -0.117. The molecule has 1 heterocycles. The molecule has 0 fully saturated rings. The summed E-state index contributed by atoms with van der Waals surface area (Å²) in [6.45, 7) is 0. The third-order valence-electron chi connectivity index (χ3n) is 4.60. The number of pyridine rings is 1. The second-order valence-corrected chi connectivity index (χ2v) is 8.33. The number of sulfonamides is 1. The van der Waals surface area contributed by atoms with Crippen LogP contribution in [0.15, 0.2) is 102 Å². The van der Waals surface area contributed by atoms with Crippen molar-refractivity contribution in [3.63, 3.8) is 0 Å². The molecule has 0 aliphatic heterocycles. The molecule has 7 heteroatoms. The first-order valence-electron chi connectivity index (χ1n) is 9.31. The summed E-state index contributed by atoms with van der Waals surface area (Å²) in [6.07, 6.45) is 1.60. The van der Waals surface area contributed by atoms with Crippen molar-refractivity contribution >= 4 is 32.5 Å². The second-order valence-electron chi connectivity index (χ2n) is 6.65. The van der Waals surface area contributed by atoms with Crippen LogP contribution in [0.2, 0.25) is 0 Å². The summed E-state index contributed by atoms with van der Waals surface area (Å²) in [5.41, 5.74) is 1.68. The molecule has 4 rings (SSSR count). The van der Waals surface area contributed by atoms with Gasteiger partial charge in [-0.2, -0.15) is 4.72 Å². The Balaban J connectivity index is 1.71. The van der Waals surface area contributed by atoms with Gasteiger partial charge in [-0.15, -0.1) is 0 Å². The normalized spacial score (nSPS) is 12.4. The Morgan fingerprint density at radius 1 is 0.800 bits per heavy atom. The van der Waals surface area contributed by atoms with Gasteiger partial charge in [0.2, 0.25) is 15.9 Å². The molecule has 0 saturated heterocycles. The van der Waals surface area contributed by atoms with Gasteiger partial charge >= 0.3 is 0 Å². The lowest BCUT2D eigenvalue weighted by Gasteiger charge is -2.19. The summed E-state index contributed by atoms with van der Waals surface area (Å²) in [4.78, 5) is 17.3. The first-order valence-corrected chi connectivity index (χ1v) is 10.8. The van der Waals surface area contributed by atoms with E-state index in [-0.39, 0.29) is 4.90 Å². The average Bonchev–Trinajstić information content (AvgIpc) is 2.78. The number of anilines is 1. The molecular formula is C23H19N3O3S. The highest BCUT2D eigenvalue weighted by Crippen LogP contribution is 2.24. The van der Waals surface area contributed by atoms with Crippen molar-refractivity contribution in [2.45, 2.75) is 10.9 Å². The summed E-state index contributed by atoms with van der Waals surface area (Å²) in [5.74, 6) is -0.477. The third kappa shape index (κ3) is 4.22. The topological polar surface area (TPSA) is 88.2 Å². The van der Waals surface area contributed by atoms with Gasteiger partial charge in [0.25, 0.3) is 0 Å². The Morgan fingerprint density at radius 3 is 2.23 bits per heavy atom. The molecule has 3 aromatic carbocycles. The van der Waals surface area contributed by atoms with Gasteiger partial charge in [-0.25, -0.2) is 8.42 Å². The zero-order valence-electron chi connectivity index (χ0n) is 15.9. The maximum absolute atomic E-state index is 13.3. The van der Waals surface area contributed by atoms with Crippen LogP contribution in [0.5, 0.6) is 0 Å². The zero-order chi connectivity index (χ0) is 21.0. The maximum Gasteiger partial charge on any atom is 0.247 e. The van der Waals surface area contributed by atoms with E-state index in [9.17, 15) is 13.2 Å². The van der Waals surface area contributed by atoms with E-state index >= 15 is 0 Å². The molecule has 0 aliphatic rings. The minimum Gasteiger partial charge on any atom is -0.324 e. The molecule has 1 atom stereocenters. The Labute approximate surface area is 174 Å². The molecule has 1 unspecified atom stereocenters. The van der Waals surface area contributed by atoms with Crippen molar-refractivity contribution in [3.8, 4) is 0 Å². The van der Waals surface area contributed by atoms with E-state index in [2.05, 4.69) is 15.0 Å². The molecule has 0 aliphatic carbocycles. The third-order valence-corrected chi connectivity index (χ3v) is 6.09. The van der Waals surface area contributed by atoms with Crippen LogP contribution in [0.1, 0.15) is 11.6 Å². The van der Waals surface area contributed by atoms with Gasteiger partial charge < -0.3 is 5.32 Å². The predicted molar refractivity (Wildman–Crippen MR) is 116 cm³/mol. The van der Waals surface area contributed by atoms with Crippen LogP contribution < -0.4 is 10.0 Å². The standard InChI is InChI=1S/C23H19N3O3S/c27-23(25-18-11-5-2-6-12-18)22(17-9-3-1-4-10-17)26-30(28,29)21-15-7-14-20-19(21)13-8-16-24-20/h1-16,22,26H,(H,25,27). The molecule has 0 bridgehead atoms. The lowest BCUT2D eigenvalue weighted by Crippen LogP contribution is -2.37. The molecule has 1 amide bonds. The quantitative estimate of drug-likeness (QED) is 0.498. The largest absolute Gasteiger partial charge is 0.324 e. The van der Waals surface area contributed by atoms with E-state index in [0.717, 1.165) is 0 Å². The number of carbonyl (C=O) groups is 1. The molecule has 2 N–H and O–H groups in total. The summed E-state index contributed by atoms with van der Waals surface area (Å²) < 4.78 is 29.1. The molecule has 0 radical (unpaired) electrons. The number of rotatable bonds is 6. The number of nitrogens with one attached hydrogen (secondary N) is 2. The molecule has 1 aromatic heterocycles. The van der Waals surface area contributed by atoms with Crippen molar-refractivity contribution in [2.75, 3.05) is 5.32 Å². The van der Waals surface area contributed by atoms with Crippen LogP contribution in [0.25, 0.3) is 10.9 Å². The number of carbonyl (C=O) groups excluding carboxylic acids is 1. The van der Waals surface area contributed by atoms with E-state index in [1.165, 1.54) is 6.07 Å². The SMILES string of the molecule is O=C(Nc1ccccc1)C(NS(=O)(=O)c1cccc2ncccc12)c1ccccc1. The van der Waals surface area contributed by atoms with E-state index in [1.807, 2.05) is 6.07 Å². The van der Waals surface area contributed by atoms with Gasteiger partial charge in [0.1, 0.15) is 6.04 Å². The summed E-state index contributed by atoms with van der Waals surface area (Å²) in [7, 11) is -4.02. The van der Waals surface area contributed by atoms with Gasteiger partial charge in [0.05, 0.1) is 10.4 Å². The number of fused-ring (bicyclic) bond motifs is 1. The van der Waals surface area contributed by atoms with Gasteiger partial charge in [-0.1, -0.05) is 54.6 Å². The Hall–Kier alpha value is -3.55. The fraction of sp³-hybridized carbons (Fsp3) is 0.0435. The number of hydrogen-bond acceptors (Lipinski definition) is 4. The van der Waals surface area contributed by atoms with E-state index in [4.69, 9.17) is 0 Å². The molecule has 150 valence electrons. The fourth-order valence-corrected chi connectivity index (χ4v) is 4.58. The number of nitrogens with zero attached hydrogens (tertiary/aromatic N) is 1. The maximum atomic E-state index is 13.3. The van der Waals surface area contributed by atoms with Crippen molar-refractivity contribution in [1.82, 2.24) is 9.71 Å². The first-order chi connectivity index (χ1) is 14.5. The van der Waals surface area contributed by atoms with Gasteiger partial charge in [-0.3, -0.25) is 9.78 Å². The van der Waals surface area contributed by atoms with Crippen molar-refractivity contribution in [2.24, 2.45) is 0 Å². The van der Waals surface area contributed by atoms with Crippen LogP contribution in [-0.2, 0) is 14.8 Å². The van der Waals surface area contributed by atoms with E-state index in [0.29, 0.717) is 22.2 Å². The molecule has 6 nitrogen and oxygen atoms in total.